The van der Waals surface area contributed by atoms with E-state index in [9.17, 15) is 78.3 Å². The Morgan fingerprint density at radius 2 is 1.21 bits per heavy atom. The number of thiocarbonyl (C=S) groups is 1. The molecule has 2 aromatic rings. The van der Waals surface area contributed by atoms with Crippen molar-refractivity contribution in [1.29, 1.82) is 0 Å². The molecule has 2 aliphatic heterocycles. The number of carbonyl (C=O) groups excluding carboxylic acids is 6. The van der Waals surface area contributed by atoms with E-state index in [1.165, 1.54) is 23.9 Å². The number of rotatable bonds is 44. The van der Waals surface area contributed by atoms with E-state index < -0.39 is 77.8 Å². The minimum atomic E-state index is -1.17. The fourth-order valence-electron chi connectivity index (χ4n) is 10.2. The average molecular weight is 1440 g/mol. The van der Waals surface area contributed by atoms with Crippen molar-refractivity contribution in [3.05, 3.63) is 82.9 Å². The summed E-state index contributed by atoms with van der Waals surface area (Å²) in [4.78, 5) is 144. The normalized spacial score (nSPS) is 16.1. The van der Waals surface area contributed by atoms with Crippen molar-refractivity contribution in [2.75, 3.05) is 137 Å². The number of carboxylic acids is 5. The first kappa shape index (κ1) is 78.9. The van der Waals surface area contributed by atoms with Crippen LogP contribution in [0.25, 0.3) is 0 Å². The Hall–Kier alpha value is -5.37. The number of amides is 3. The molecular weight excluding hydrogens is 1350 g/mol. The topological polar surface area (TPSA) is 345 Å². The molecule has 0 saturated carbocycles. The molecule has 0 aliphatic carbocycles. The number of nitrogens with one attached hydrogen (secondary N) is 1. The largest absolute Gasteiger partial charge is 0.481 e. The molecule has 25 nitrogen and oxygen atoms in total. The zero-order valence-electron chi connectivity index (χ0n) is 51.0. The first-order chi connectivity index (χ1) is 42.6. The zero-order chi connectivity index (χ0) is 65.1. The molecule has 2 heterocycles. The summed E-state index contributed by atoms with van der Waals surface area (Å²) in [5.74, 6) is -8.88. The zero-order valence-corrected chi connectivity index (χ0v) is 54.9. The molecule has 4 rings (SSSR count). The van der Waals surface area contributed by atoms with Crippen molar-refractivity contribution in [2.24, 2.45) is 11.8 Å². The number of ether oxygens (including phenoxy) is 3. The van der Waals surface area contributed by atoms with Crippen LogP contribution in [-0.2, 0) is 81.4 Å². The van der Waals surface area contributed by atoms with Crippen LogP contribution in [0.15, 0.2) is 60.7 Å². The molecule has 0 radical (unpaired) electrons. The SMILES string of the molecule is CSCC[C@H](CC(=O)c1cccc(CCC(=O)COCCOCCOCCCC(=S)Cc2ccc(CC3CN(CC(=O)O)CCN(CC(=O)O)CCN(CC(=O)O)CCN3CC(=O)O)cc2)c1)C(=O)NCC(=O)C[C@@H](CCCCN1C(=O)C=CC1=O)C(=O)O.[Gd]. The van der Waals surface area contributed by atoms with Gasteiger partial charge in [0.2, 0.25) is 5.91 Å². The fraction of sp³-hybridized carbons (Fsp3) is 0.581. The van der Waals surface area contributed by atoms with Gasteiger partial charge in [0, 0.05) is 154 Å². The number of benzene rings is 2. The molecular formula is C62H86GdN6O19S2. The first-order valence-corrected chi connectivity index (χ1v) is 31.7. The predicted octanol–water partition coefficient (Wildman–Crippen LogP) is 2.92. The van der Waals surface area contributed by atoms with Gasteiger partial charge in [-0.05, 0) is 84.6 Å². The van der Waals surface area contributed by atoms with Gasteiger partial charge in [-0.3, -0.25) is 77.2 Å². The van der Waals surface area contributed by atoms with Gasteiger partial charge in [-0.15, -0.1) is 0 Å². The van der Waals surface area contributed by atoms with Gasteiger partial charge in [0.25, 0.3) is 11.8 Å². The van der Waals surface area contributed by atoms with Crippen molar-refractivity contribution in [1.82, 2.24) is 29.8 Å². The number of hydrogen-bond donors (Lipinski definition) is 6. The second kappa shape index (κ2) is 44.2. The van der Waals surface area contributed by atoms with E-state index in [1.807, 2.05) is 30.5 Å². The molecule has 1 saturated heterocycles. The number of unbranched alkanes of at least 4 members (excludes halogenated alkanes) is 1. The Morgan fingerprint density at radius 3 is 1.82 bits per heavy atom. The molecule has 90 heavy (non-hydrogen) atoms. The van der Waals surface area contributed by atoms with Crippen LogP contribution >= 0.6 is 24.0 Å². The number of ketones is 3. The third-order valence-electron chi connectivity index (χ3n) is 15.0. The molecule has 3 atom stereocenters. The Morgan fingerprint density at radius 1 is 0.633 bits per heavy atom. The van der Waals surface area contributed by atoms with Crippen LogP contribution in [0.3, 0.4) is 0 Å². The number of thioether (sulfide) groups is 1. The van der Waals surface area contributed by atoms with E-state index in [4.69, 9.17) is 26.4 Å². The number of aryl methyl sites for hydroxylation is 1. The number of nitrogens with zero attached hydrogens (tertiary/aromatic N) is 5. The molecule has 1 fully saturated rings. The summed E-state index contributed by atoms with van der Waals surface area (Å²) in [5.41, 5.74) is 2.98. The number of carbonyl (C=O) groups is 11. The fourth-order valence-corrected chi connectivity index (χ4v) is 11.1. The summed E-state index contributed by atoms with van der Waals surface area (Å²) >= 11 is 7.19. The summed E-state index contributed by atoms with van der Waals surface area (Å²) in [7, 11) is 0. The molecule has 28 heteroatoms. The van der Waals surface area contributed by atoms with Gasteiger partial charge in [-0.1, -0.05) is 61.1 Å². The van der Waals surface area contributed by atoms with Crippen LogP contribution in [-0.4, -0.2) is 263 Å². The Labute approximate surface area is 566 Å². The summed E-state index contributed by atoms with van der Waals surface area (Å²) in [5, 5.41) is 51.1. The Bertz CT molecular complexity index is 2720. The smallest absolute Gasteiger partial charge is 0.317 e. The van der Waals surface area contributed by atoms with Gasteiger partial charge in [-0.2, -0.15) is 11.8 Å². The minimum absolute atomic E-state index is 0. The van der Waals surface area contributed by atoms with Crippen LogP contribution in [0.4, 0.5) is 0 Å². The van der Waals surface area contributed by atoms with Crippen molar-refractivity contribution in [3.63, 3.8) is 0 Å². The minimum Gasteiger partial charge on any atom is -0.481 e. The number of hydrogen-bond acceptors (Lipinski definition) is 20. The molecule has 0 spiro atoms. The maximum absolute atomic E-state index is 13.5. The number of aliphatic carboxylic acids is 5. The van der Waals surface area contributed by atoms with E-state index in [1.54, 1.807) is 43.9 Å². The first-order valence-electron chi connectivity index (χ1n) is 29.9. The van der Waals surface area contributed by atoms with E-state index in [-0.39, 0.29) is 176 Å². The third-order valence-corrected chi connectivity index (χ3v) is 16.0. The van der Waals surface area contributed by atoms with E-state index >= 15 is 0 Å². The van der Waals surface area contributed by atoms with Crippen LogP contribution in [0, 0.1) is 51.8 Å². The van der Waals surface area contributed by atoms with E-state index in [2.05, 4.69) is 5.32 Å². The average Bonchev–Trinajstić information content (AvgIpc) is 1.64. The van der Waals surface area contributed by atoms with Crippen LogP contribution in [0.5, 0.6) is 0 Å². The quantitative estimate of drug-likeness (QED) is 0.0240. The molecule has 6 N–H and O–H groups in total. The number of carboxylic acid groups (broad SMARTS) is 5. The third kappa shape index (κ3) is 32.8. The predicted molar refractivity (Wildman–Crippen MR) is 332 cm³/mol. The summed E-state index contributed by atoms with van der Waals surface area (Å²) in [6.07, 6.45) is 7.82. The maximum atomic E-state index is 13.5. The van der Waals surface area contributed by atoms with Gasteiger partial charge >= 0.3 is 29.8 Å². The van der Waals surface area contributed by atoms with Crippen molar-refractivity contribution < 1.29 is 132 Å². The van der Waals surface area contributed by atoms with Crippen LogP contribution in [0.2, 0.25) is 0 Å². The molecule has 2 aromatic carbocycles. The van der Waals surface area contributed by atoms with Crippen LogP contribution in [0.1, 0.15) is 84.8 Å². The van der Waals surface area contributed by atoms with Gasteiger partial charge in [0.15, 0.2) is 17.3 Å². The van der Waals surface area contributed by atoms with Crippen molar-refractivity contribution >= 4 is 93.8 Å². The Kier molecular flexibility index (Phi) is 38.8. The van der Waals surface area contributed by atoms with Gasteiger partial charge in [0.1, 0.15) is 6.61 Å². The number of imide groups is 1. The molecule has 498 valence electrons. The summed E-state index contributed by atoms with van der Waals surface area (Å²) in [6.45, 7) is 1.27. The maximum Gasteiger partial charge on any atom is 0.317 e. The van der Waals surface area contributed by atoms with Gasteiger partial charge in [0.05, 0.1) is 65.1 Å². The van der Waals surface area contributed by atoms with Gasteiger partial charge in [-0.25, -0.2) is 0 Å². The van der Waals surface area contributed by atoms with E-state index in [0.717, 1.165) is 26.5 Å². The van der Waals surface area contributed by atoms with Crippen molar-refractivity contribution in [2.45, 2.75) is 83.1 Å². The second-order valence-corrected chi connectivity index (χ2v) is 23.7. The molecule has 3 amide bonds. The standard InChI is InChI=1S/C62H86N6O19S2.Gd/c1-89-31-18-48(61(82)63-37-52(70)35-49(62(83)84)7-2-3-19-68-55(72)16-17-56(68)73)36-54(71)47-8-4-6-44(32-47)14-15-51(69)43-87-30-29-86-28-27-85-26-5-9-53(88)34-46-12-10-45(11-13-46)33-50-38-66(41-59(78)79)23-22-64(39-57(74)75)20-21-65(40-58(76)77)24-25-67(50)42-60(80)81;/h4,6,8,10-13,16-17,32,48-50H,2-3,5,7,9,14-15,18-31,33-43H2,1H3,(H,63,82)(H,74,75)(H,76,77)(H,78,79)(H,80,81)(H,83,84);/t48-,49-,50?;/m1./s1. The van der Waals surface area contributed by atoms with E-state index in [0.29, 0.717) is 82.5 Å². The van der Waals surface area contributed by atoms with Gasteiger partial charge < -0.3 is 45.1 Å². The van der Waals surface area contributed by atoms with Crippen LogP contribution < -0.4 is 5.32 Å². The summed E-state index contributed by atoms with van der Waals surface area (Å²) in [6, 6.07) is 14.1. The molecule has 1 unspecified atom stereocenters. The molecule has 0 aromatic heterocycles. The van der Waals surface area contributed by atoms with Crippen molar-refractivity contribution in [3.8, 4) is 0 Å². The number of Topliss-reactive ketones (excluding diaryl/α,β-unsaturated/α-hetero) is 3. The Balaban J connectivity index is 0.0000212. The molecule has 0 bridgehead atoms. The second-order valence-electron chi connectivity index (χ2n) is 22.1. The monoisotopic (exact) mass is 1440 g/mol. The molecule has 2 aliphatic rings. The summed E-state index contributed by atoms with van der Waals surface area (Å²) < 4.78 is 16.9.